The van der Waals surface area contributed by atoms with Gasteiger partial charge >= 0.3 is 0 Å². The standard InChI is InChI=1S/C22H36N2O/c1-4-6-9-19(5-2)15-23-22(25)21-12-10-20(11-13-21)17-24-14-7-8-18(3)16-24/h10-13,18-19H,4-9,14-17H2,1-3H3,(H,23,25)/t18-,19+/m0/s1. The smallest absolute Gasteiger partial charge is 0.251 e. The number of piperidine rings is 1. The third-order valence-corrected chi connectivity index (χ3v) is 5.46. The topological polar surface area (TPSA) is 32.3 Å². The van der Waals surface area contributed by atoms with Crippen LogP contribution in [0.25, 0.3) is 0 Å². The van der Waals surface area contributed by atoms with Gasteiger partial charge in [0.05, 0.1) is 0 Å². The van der Waals surface area contributed by atoms with Crippen LogP contribution in [0.4, 0.5) is 0 Å². The van der Waals surface area contributed by atoms with Crippen molar-refractivity contribution < 1.29 is 4.79 Å². The minimum Gasteiger partial charge on any atom is -0.352 e. The van der Waals surface area contributed by atoms with Crippen LogP contribution < -0.4 is 5.32 Å². The van der Waals surface area contributed by atoms with E-state index in [1.165, 1.54) is 50.8 Å². The summed E-state index contributed by atoms with van der Waals surface area (Å²) in [5, 5.41) is 3.12. The molecule has 1 aromatic rings. The van der Waals surface area contributed by atoms with Gasteiger partial charge in [-0.2, -0.15) is 0 Å². The number of benzene rings is 1. The number of rotatable bonds is 9. The van der Waals surface area contributed by atoms with Crippen LogP contribution >= 0.6 is 0 Å². The predicted molar refractivity (Wildman–Crippen MR) is 106 cm³/mol. The third kappa shape index (κ3) is 6.81. The van der Waals surface area contributed by atoms with E-state index in [0.717, 1.165) is 31.0 Å². The molecule has 3 nitrogen and oxygen atoms in total. The summed E-state index contributed by atoms with van der Waals surface area (Å²) < 4.78 is 0. The predicted octanol–water partition coefficient (Wildman–Crippen LogP) is 4.86. The monoisotopic (exact) mass is 344 g/mol. The molecule has 1 N–H and O–H groups in total. The average molecular weight is 345 g/mol. The van der Waals surface area contributed by atoms with E-state index >= 15 is 0 Å². The first-order valence-corrected chi connectivity index (χ1v) is 10.2. The summed E-state index contributed by atoms with van der Waals surface area (Å²) in [4.78, 5) is 14.9. The Morgan fingerprint density at radius 3 is 2.68 bits per heavy atom. The molecule has 1 amide bonds. The van der Waals surface area contributed by atoms with E-state index < -0.39 is 0 Å². The Kier molecular flexibility index (Phi) is 8.47. The molecule has 140 valence electrons. The van der Waals surface area contributed by atoms with E-state index in [2.05, 4.69) is 43.1 Å². The molecule has 1 aliphatic rings. The number of nitrogens with one attached hydrogen (secondary N) is 1. The first kappa shape index (κ1) is 20.0. The number of amides is 1. The summed E-state index contributed by atoms with van der Waals surface area (Å²) in [7, 11) is 0. The van der Waals surface area contributed by atoms with Crippen molar-refractivity contribution in [3.05, 3.63) is 35.4 Å². The molecule has 0 aliphatic carbocycles. The summed E-state index contributed by atoms with van der Waals surface area (Å²) in [5.74, 6) is 1.47. The molecule has 0 bridgehead atoms. The minimum atomic E-state index is 0.0630. The molecule has 1 fully saturated rings. The van der Waals surface area contributed by atoms with Crippen molar-refractivity contribution in [1.29, 1.82) is 0 Å². The average Bonchev–Trinajstić information content (AvgIpc) is 2.62. The highest BCUT2D eigenvalue weighted by molar-refractivity contribution is 5.94. The van der Waals surface area contributed by atoms with Crippen LogP contribution in [0.3, 0.4) is 0 Å². The maximum absolute atomic E-state index is 12.4. The first-order valence-electron chi connectivity index (χ1n) is 10.2. The number of likely N-dealkylation sites (tertiary alicyclic amines) is 1. The van der Waals surface area contributed by atoms with Gasteiger partial charge in [0.2, 0.25) is 0 Å². The van der Waals surface area contributed by atoms with Crippen LogP contribution in [0, 0.1) is 11.8 Å². The van der Waals surface area contributed by atoms with Crippen LogP contribution in [0.1, 0.15) is 75.2 Å². The number of unbranched alkanes of at least 4 members (excludes halogenated alkanes) is 1. The Morgan fingerprint density at radius 1 is 1.28 bits per heavy atom. The summed E-state index contributed by atoms with van der Waals surface area (Å²) in [6, 6.07) is 8.18. The van der Waals surface area contributed by atoms with Gasteiger partial charge in [-0.05, 0) is 55.3 Å². The molecule has 0 saturated carbocycles. The Bertz CT molecular complexity index is 511. The van der Waals surface area contributed by atoms with Crippen LogP contribution in [0.15, 0.2) is 24.3 Å². The molecule has 25 heavy (non-hydrogen) atoms. The van der Waals surface area contributed by atoms with E-state index in [1.807, 2.05) is 12.1 Å². The highest BCUT2D eigenvalue weighted by Crippen LogP contribution is 2.18. The largest absolute Gasteiger partial charge is 0.352 e. The number of carbonyl (C=O) groups is 1. The summed E-state index contributed by atoms with van der Waals surface area (Å²) in [6.45, 7) is 11.0. The van der Waals surface area contributed by atoms with Crippen molar-refractivity contribution in [3.8, 4) is 0 Å². The van der Waals surface area contributed by atoms with Gasteiger partial charge in [0.1, 0.15) is 0 Å². The van der Waals surface area contributed by atoms with Gasteiger partial charge in [-0.15, -0.1) is 0 Å². The maximum atomic E-state index is 12.4. The molecule has 1 aliphatic heterocycles. The first-order chi connectivity index (χ1) is 12.1. The second kappa shape index (κ2) is 10.6. The second-order valence-corrected chi connectivity index (χ2v) is 7.81. The van der Waals surface area contributed by atoms with Crippen molar-refractivity contribution in [2.45, 2.75) is 65.8 Å². The quantitative estimate of drug-likeness (QED) is 0.693. The van der Waals surface area contributed by atoms with Crippen LogP contribution in [0.5, 0.6) is 0 Å². The van der Waals surface area contributed by atoms with Crippen LogP contribution in [-0.2, 0) is 6.54 Å². The van der Waals surface area contributed by atoms with Gasteiger partial charge in [-0.3, -0.25) is 9.69 Å². The fourth-order valence-electron chi connectivity index (χ4n) is 3.73. The van der Waals surface area contributed by atoms with Crippen molar-refractivity contribution in [2.24, 2.45) is 11.8 Å². The molecular formula is C22H36N2O. The zero-order chi connectivity index (χ0) is 18.1. The van der Waals surface area contributed by atoms with E-state index in [9.17, 15) is 4.79 Å². The number of hydrogen-bond donors (Lipinski definition) is 1. The molecule has 1 saturated heterocycles. The minimum absolute atomic E-state index is 0.0630. The van der Waals surface area contributed by atoms with Gasteiger partial charge in [-0.25, -0.2) is 0 Å². The lowest BCUT2D eigenvalue weighted by molar-refractivity contribution is 0.0946. The molecule has 2 rings (SSSR count). The van der Waals surface area contributed by atoms with Crippen molar-refractivity contribution in [3.63, 3.8) is 0 Å². The van der Waals surface area contributed by atoms with Crippen molar-refractivity contribution >= 4 is 5.91 Å². The summed E-state index contributed by atoms with van der Waals surface area (Å²) >= 11 is 0. The molecule has 1 heterocycles. The Morgan fingerprint density at radius 2 is 2.04 bits per heavy atom. The van der Waals surface area contributed by atoms with Crippen molar-refractivity contribution in [2.75, 3.05) is 19.6 Å². The molecule has 0 unspecified atom stereocenters. The number of hydrogen-bond acceptors (Lipinski definition) is 2. The molecule has 1 aromatic carbocycles. The molecule has 3 heteroatoms. The van der Waals surface area contributed by atoms with Gasteiger partial charge in [-0.1, -0.05) is 52.2 Å². The lowest BCUT2D eigenvalue weighted by Crippen LogP contribution is -2.33. The van der Waals surface area contributed by atoms with Crippen LogP contribution in [0.2, 0.25) is 0 Å². The van der Waals surface area contributed by atoms with Gasteiger partial charge in [0.25, 0.3) is 5.91 Å². The fourth-order valence-corrected chi connectivity index (χ4v) is 3.73. The molecule has 0 spiro atoms. The van der Waals surface area contributed by atoms with Crippen molar-refractivity contribution in [1.82, 2.24) is 10.2 Å². The zero-order valence-corrected chi connectivity index (χ0v) is 16.4. The highest BCUT2D eigenvalue weighted by atomic mass is 16.1. The van der Waals surface area contributed by atoms with Gasteiger partial charge in [0, 0.05) is 25.2 Å². The second-order valence-electron chi connectivity index (χ2n) is 7.81. The lowest BCUT2D eigenvalue weighted by Gasteiger charge is -2.30. The number of carbonyl (C=O) groups excluding carboxylic acids is 1. The van der Waals surface area contributed by atoms with E-state index in [4.69, 9.17) is 0 Å². The zero-order valence-electron chi connectivity index (χ0n) is 16.4. The normalized spacial score (nSPS) is 19.6. The Balaban J connectivity index is 1.81. The van der Waals surface area contributed by atoms with Crippen LogP contribution in [-0.4, -0.2) is 30.4 Å². The van der Waals surface area contributed by atoms with E-state index in [0.29, 0.717) is 5.92 Å². The number of nitrogens with zero attached hydrogens (tertiary/aromatic N) is 1. The molecular weight excluding hydrogens is 308 g/mol. The summed E-state index contributed by atoms with van der Waals surface area (Å²) in [5.41, 5.74) is 2.08. The third-order valence-electron chi connectivity index (χ3n) is 5.46. The maximum Gasteiger partial charge on any atom is 0.251 e. The molecule has 0 radical (unpaired) electrons. The summed E-state index contributed by atoms with van der Waals surface area (Å²) in [6.07, 6.45) is 7.47. The van der Waals surface area contributed by atoms with E-state index in [1.54, 1.807) is 0 Å². The fraction of sp³-hybridized carbons (Fsp3) is 0.682. The Hall–Kier alpha value is -1.35. The Labute approximate surface area is 154 Å². The van der Waals surface area contributed by atoms with Gasteiger partial charge < -0.3 is 5.32 Å². The van der Waals surface area contributed by atoms with Gasteiger partial charge in [0.15, 0.2) is 0 Å². The lowest BCUT2D eigenvalue weighted by atomic mass is 9.99. The van der Waals surface area contributed by atoms with E-state index in [-0.39, 0.29) is 5.91 Å². The molecule has 0 aromatic heterocycles. The molecule has 2 atom stereocenters. The highest BCUT2D eigenvalue weighted by Gasteiger charge is 2.16. The SMILES string of the molecule is CCCC[C@@H](CC)CNC(=O)c1ccc(CN2CCC[C@H](C)C2)cc1.